The molecule has 1 N–H and O–H groups in total. The third kappa shape index (κ3) is 1.78. The van der Waals surface area contributed by atoms with Gasteiger partial charge in [-0.1, -0.05) is 0 Å². The van der Waals surface area contributed by atoms with E-state index < -0.39 is 16.2 Å². The zero-order valence-electron chi connectivity index (χ0n) is 10.3. The molecule has 0 saturated carbocycles. The van der Waals surface area contributed by atoms with Crippen LogP contribution in [0.3, 0.4) is 0 Å². The molecule has 0 fully saturated rings. The molecule has 0 amide bonds. The van der Waals surface area contributed by atoms with Crippen molar-refractivity contribution < 1.29 is 15.1 Å². The van der Waals surface area contributed by atoms with Crippen LogP contribution in [0.15, 0.2) is 11.1 Å². The summed E-state index contributed by atoms with van der Waals surface area (Å²) in [6, 6.07) is 0. The van der Waals surface area contributed by atoms with Crippen molar-refractivity contribution in [1.29, 1.82) is 0 Å². The highest BCUT2D eigenvalue weighted by Crippen LogP contribution is 2.43. The lowest BCUT2D eigenvalue weighted by Crippen LogP contribution is -2.48. The Kier molecular flexibility index (Phi) is 3.00. The van der Waals surface area contributed by atoms with E-state index in [1.807, 2.05) is 34.6 Å². The summed E-state index contributed by atoms with van der Waals surface area (Å²) >= 11 is 0. The Morgan fingerprint density at radius 2 is 1.88 bits per heavy atom. The number of hydroxylamine groups is 2. The molecule has 0 spiro atoms. The molecule has 0 bridgehead atoms. The van der Waals surface area contributed by atoms with Crippen molar-refractivity contribution in [3.8, 4) is 0 Å². The first kappa shape index (κ1) is 12.9. The maximum atomic E-state index is 10.2. The quantitative estimate of drug-likeness (QED) is 0.454. The highest BCUT2D eigenvalue weighted by atomic mass is 16.9. The molecule has 0 unspecified atom stereocenters. The number of hydrogen-bond acceptors (Lipinski definition) is 5. The molecular formula is C10H18N2O4. The van der Waals surface area contributed by atoms with E-state index in [9.17, 15) is 15.3 Å². The van der Waals surface area contributed by atoms with E-state index in [1.54, 1.807) is 0 Å². The van der Waals surface area contributed by atoms with Crippen LogP contribution < -0.4 is 0 Å². The molecule has 1 aliphatic rings. The van der Waals surface area contributed by atoms with Crippen molar-refractivity contribution in [2.24, 2.45) is 0 Å². The Hall–Kier alpha value is -1.14. The van der Waals surface area contributed by atoms with E-state index in [2.05, 4.69) is 4.84 Å². The van der Waals surface area contributed by atoms with E-state index >= 15 is 0 Å². The van der Waals surface area contributed by atoms with Gasteiger partial charge in [-0.15, -0.1) is 10.1 Å². The third-order valence-electron chi connectivity index (χ3n) is 3.48. The SMILES string of the molecule is CC1=C(CO[N+](=O)[O-])C(C)(C)N(O)C1(C)C. The van der Waals surface area contributed by atoms with Crippen molar-refractivity contribution in [1.82, 2.24) is 5.06 Å². The van der Waals surface area contributed by atoms with Gasteiger partial charge in [-0.3, -0.25) is 0 Å². The molecule has 0 aromatic heterocycles. The van der Waals surface area contributed by atoms with Gasteiger partial charge in [0.15, 0.2) is 0 Å². The third-order valence-corrected chi connectivity index (χ3v) is 3.48. The van der Waals surface area contributed by atoms with Gasteiger partial charge in [0.25, 0.3) is 5.09 Å². The minimum absolute atomic E-state index is 0.105. The fraction of sp³-hybridized carbons (Fsp3) is 0.800. The standard InChI is InChI=1S/C10H18N2O4/c1-7-8(6-16-12(14)15)10(4,5)11(13)9(7,2)3/h13H,6H2,1-5H3. The smallest absolute Gasteiger partial charge is 0.294 e. The van der Waals surface area contributed by atoms with Gasteiger partial charge in [0.2, 0.25) is 0 Å². The monoisotopic (exact) mass is 230 g/mol. The second-order valence-electron chi connectivity index (χ2n) is 5.03. The van der Waals surface area contributed by atoms with Gasteiger partial charge in [0.05, 0.1) is 11.1 Å². The van der Waals surface area contributed by atoms with Gasteiger partial charge in [-0.05, 0) is 45.8 Å². The molecule has 0 atom stereocenters. The maximum Gasteiger partial charge on any atom is 0.294 e. The molecule has 1 rings (SSSR count). The molecule has 0 aromatic carbocycles. The first-order chi connectivity index (χ1) is 7.11. The summed E-state index contributed by atoms with van der Waals surface area (Å²) in [5, 5.41) is 20.7. The molecule has 1 aliphatic heterocycles. The lowest BCUT2D eigenvalue weighted by Gasteiger charge is -2.36. The molecule has 6 heteroatoms. The number of rotatable bonds is 3. The van der Waals surface area contributed by atoms with Gasteiger partial charge in [-0.25, -0.2) is 0 Å². The molecule has 0 radical (unpaired) electrons. The summed E-state index contributed by atoms with van der Waals surface area (Å²) in [5.74, 6) is 0. The molecule has 1 heterocycles. The van der Waals surface area contributed by atoms with Crippen molar-refractivity contribution in [3.05, 3.63) is 21.3 Å². The predicted octanol–water partition coefficient (Wildman–Crippen LogP) is 1.77. The largest absolute Gasteiger partial charge is 0.312 e. The summed E-state index contributed by atoms with van der Waals surface area (Å²) < 4.78 is 0. The van der Waals surface area contributed by atoms with Gasteiger partial charge < -0.3 is 10.0 Å². The molecule has 0 saturated heterocycles. The van der Waals surface area contributed by atoms with Gasteiger partial charge >= 0.3 is 0 Å². The Bertz CT molecular complexity index is 347. The minimum atomic E-state index is -0.816. The highest BCUT2D eigenvalue weighted by Gasteiger charge is 2.48. The summed E-state index contributed by atoms with van der Waals surface area (Å²) in [7, 11) is 0. The van der Waals surface area contributed by atoms with E-state index in [-0.39, 0.29) is 6.61 Å². The summed E-state index contributed by atoms with van der Waals surface area (Å²) in [6.45, 7) is 9.10. The van der Waals surface area contributed by atoms with Crippen LogP contribution in [0.4, 0.5) is 0 Å². The maximum absolute atomic E-state index is 10.2. The summed E-state index contributed by atoms with van der Waals surface area (Å²) in [6.07, 6.45) is 0. The van der Waals surface area contributed by atoms with Crippen LogP contribution in [0.2, 0.25) is 0 Å². The minimum Gasteiger partial charge on any atom is -0.312 e. The van der Waals surface area contributed by atoms with Crippen LogP contribution in [0.5, 0.6) is 0 Å². The summed E-state index contributed by atoms with van der Waals surface area (Å²) in [4.78, 5) is 14.6. The molecule has 92 valence electrons. The van der Waals surface area contributed by atoms with E-state index in [0.717, 1.165) is 11.1 Å². The van der Waals surface area contributed by atoms with Crippen molar-refractivity contribution in [3.63, 3.8) is 0 Å². The average Bonchev–Trinajstić information content (AvgIpc) is 2.24. The van der Waals surface area contributed by atoms with Crippen LogP contribution in [0, 0.1) is 10.1 Å². The Balaban J connectivity index is 3.04. The van der Waals surface area contributed by atoms with Gasteiger partial charge in [0, 0.05) is 0 Å². The number of nitrogens with zero attached hydrogens (tertiary/aromatic N) is 2. The molecule has 6 nitrogen and oxygen atoms in total. The second-order valence-corrected chi connectivity index (χ2v) is 5.03. The fourth-order valence-electron chi connectivity index (χ4n) is 2.22. The van der Waals surface area contributed by atoms with Crippen LogP contribution in [0.25, 0.3) is 0 Å². The molecular weight excluding hydrogens is 212 g/mol. The zero-order chi connectivity index (χ0) is 12.7. The fourth-order valence-corrected chi connectivity index (χ4v) is 2.22. The highest BCUT2D eigenvalue weighted by molar-refractivity contribution is 5.37. The van der Waals surface area contributed by atoms with E-state index in [4.69, 9.17) is 0 Å². The Morgan fingerprint density at radius 3 is 2.19 bits per heavy atom. The van der Waals surface area contributed by atoms with E-state index in [1.165, 1.54) is 5.06 Å². The number of hydrogen-bond donors (Lipinski definition) is 1. The molecule has 0 aliphatic carbocycles. The lowest BCUT2D eigenvalue weighted by atomic mass is 9.92. The first-order valence-electron chi connectivity index (χ1n) is 5.09. The first-order valence-corrected chi connectivity index (χ1v) is 5.09. The average molecular weight is 230 g/mol. The summed E-state index contributed by atoms with van der Waals surface area (Å²) in [5.41, 5.74) is 0.473. The molecule has 16 heavy (non-hydrogen) atoms. The molecule has 0 aromatic rings. The van der Waals surface area contributed by atoms with Crippen LogP contribution in [0.1, 0.15) is 34.6 Å². The van der Waals surface area contributed by atoms with Crippen LogP contribution in [-0.2, 0) is 4.84 Å². The Labute approximate surface area is 94.6 Å². The second kappa shape index (κ2) is 3.71. The van der Waals surface area contributed by atoms with Crippen molar-refractivity contribution >= 4 is 0 Å². The van der Waals surface area contributed by atoms with Crippen LogP contribution in [-0.4, -0.2) is 33.0 Å². The van der Waals surface area contributed by atoms with Gasteiger partial charge in [0.1, 0.15) is 6.61 Å². The topological polar surface area (TPSA) is 75.8 Å². The Morgan fingerprint density at radius 1 is 1.38 bits per heavy atom. The van der Waals surface area contributed by atoms with Crippen molar-refractivity contribution in [2.45, 2.75) is 45.7 Å². The van der Waals surface area contributed by atoms with Crippen LogP contribution >= 0.6 is 0 Å². The van der Waals surface area contributed by atoms with Crippen molar-refractivity contribution in [2.75, 3.05) is 6.61 Å². The van der Waals surface area contributed by atoms with Gasteiger partial charge in [-0.2, -0.15) is 5.06 Å². The predicted molar refractivity (Wildman–Crippen MR) is 57.4 cm³/mol. The van der Waals surface area contributed by atoms with E-state index in [0.29, 0.717) is 0 Å². The normalized spacial score (nSPS) is 23.6. The lowest BCUT2D eigenvalue weighted by molar-refractivity contribution is -0.755. The zero-order valence-corrected chi connectivity index (χ0v) is 10.3.